The normalized spacial score (nSPS) is 20.2. The highest BCUT2D eigenvalue weighted by atomic mass is 79.9. The molecule has 0 aliphatic carbocycles. The van der Waals surface area contributed by atoms with Crippen LogP contribution < -0.4 is 10.2 Å². The van der Waals surface area contributed by atoms with Crippen molar-refractivity contribution in [1.82, 2.24) is 10.3 Å². The van der Waals surface area contributed by atoms with E-state index in [0.717, 1.165) is 21.0 Å². The number of pyridine rings is 1. The smallest absolute Gasteiger partial charge is 0.174 e. The highest BCUT2D eigenvalue weighted by molar-refractivity contribution is 9.10. The molecular weight excluding hydrogens is 402 g/mol. The van der Waals surface area contributed by atoms with Crippen molar-refractivity contribution in [3.63, 3.8) is 0 Å². The van der Waals surface area contributed by atoms with Gasteiger partial charge in [-0.1, -0.05) is 24.3 Å². The third-order valence-corrected chi connectivity index (χ3v) is 6.09. The summed E-state index contributed by atoms with van der Waals surface area (Å²) in [5.41, 5.74) is 2.08. The minimum Gasteiger partial charge on any atom is -0.351 e. The minimum atomic E-state index is 0.0180. The van der Waals surface area contributed by atoms with Gasteiger partial charge in [-0.3, -0.25) is 4.98 Å². The first-order valence-corrected chi connectivity index (χ1v) is 9.62. The van der Waals surface area contributed by atoms with Crippen LogP contribution in [-0.4, -0.2) is 10.1 Å². The highest BCUT2D eigenvalue weighted by Crippen LogP contribution is 2.43. The van der Waals surface area contributed by atoms with Gasteiger partial charge in [0.15, 0.2) is 5.11 Å². The first kappa shape index (κ1) is 15.7. The number of benzene rings is 1. The lowest BCUT2D eigenvalue weighted by atomic mass is 10.0. The number of para-hydroxylation sites is 1. The molecule has 0 saturated carbocycles. The Morgan fingerprint density at radius 3 is 2.58 bits per heavy atom. The molecular formula is C18H14BrN3S2. The molecule has 1 aliphatic rings. The summed E-state index contributed by atoms with van der Waals surface area (Å²) in [5, 5.41) is 6.30. The van der Waals surface area contributed by atoms with E-state index in [-0.39, 0.29) is 12.1 Å². The van der Waals surface area contributed by atoms with Crippen LogP contribution in [0.4, 0.5) is 5.69 Å². The van der Waals surface area contributed by atoms with Gasteiger partial charge in [0.1, 0.15) is 0 Å². The molecule has 1 aromatic carbocycles. The number of anilines is 1. The summed E-state index contributed by atoms with van der Waals surface area (Å²) in [6.45, 7) is 0. The van der Waals surface area contributed by atoms with Crippen LogP contribution in [0.25, 0.3) is 0 Å². The maximum Gasteiger partial charge on any atom is 0.174 e. The van der Waals surface area contributed by atoms with Crippen molar-refractivity contribution in [1.29, 1.82) is 0 Å². The van der Waals surface area contributed by atoms with Crippen LogP contribution in [0.15, 0.2) is 70.6 Å². The fraction of sp³-hybridized carbons (Fsp3) is 0.111. The molecule has 2 atom stereocenters. The summed E-state index contributed by atoms with van der Waals surface area (Å²) in [6, 6.07) is 18.5. The molecule has 0 amide bonds. The fourth-order valence-electron chi connectivity index (χ4n) is 2.99. The highest BCUT2D eigenvalue weighted by Gasteiger charge is 2.41. The Bertz CT molecular complexity index is 851. The van der Waals surface area contributed by atoms with Crippen LogP contribution in [-0.2, 0) is 0 Å². The van der Waals surface area contributed by atoms with Crippen molar-refractivity contribution in [2.24, 2.45) is 0 Å². The molecule has 2 aromatic heterocycles. The number of thiocarbonyl (C=S) groups is 1. The predicted octanol–water partition coefficient (Wildman–Crippen LogP) is 5.08. The van der Waals surface area contributed by atoms with E-state index in [1.807, 2.05) is 42.6 Å². The van der Waals surface area contributed by atoms with Crippen molar-refractivity contribution in [3.05, 3.63) is 81.2 Å². The maximum atomic E-state index is 5.66. The largest absolute Gasteiger partial charge is 0.351 e. The summed E-state index contributed by atoms with van der Waals surface area (Å²) in [5.74, 6) is 0. The van der Waals surface area contributed by atoms with Crippen molar-refractivity contribution >= 4 is 50.3 Å². The predicted molar refractivity (Wildman–Crippen MR) is 106 cm³/mol. The number of nitrogens with zero attached hydrogens (tertiary/aromatic N) is 2. The molecule has 120 valence electrons. The monoisotopic (exact) mass is 415 g/mol. The molecule has 0 radical (unpaired) electrons. The quantitative estimate of drug-likeness (QED) is 0.603. The van der Waals surface area contributed by atoms with Crippen molar-refractivity contribution in [3.8, 4) is 0 Å². The number of rotatable bonds is 3. The van der Waals surface area contributed by atoms with Crippen LogP contribution >= 0.6 is 39.5 Å². The van der Waals surface area contributed by atoms with E-state index < -0.39 is 0 Å². The van der Waals surface area contributed by atoms with Gasteiger partial charge < -0.3 is 10.2 Å². The Balaban J connectivity index is 1.82. The fourth-order valence-corrected chi connectivity index (χ4v) is 4.91. The molecule has 3 aromatic rings. The van der Waals surface area contributed by atoms with Gasteiger partial charge >= 0.3 is 0 Å². The molecule has 3 heterocycles. The number of thiophene rings is 1. The maximum absolute atomic E-state index is 5.66. The van der Waals surface area contributed by atoms with E-state index in [2.05, 4.69) is 54.7 Å². The molecule has 0 unspecified atom stereocenters. The number of aromatic nitrogens is 1. The number of nitrogens with one attached hydrogen (secondary N) is 1. The Kier molecular flexibility index (Phi) is 4.35. The summed E-state index contributed by atoms with van der Waals surface area (Å²) in [4.78, 5) is 7.98. The molecule has 0 bridgehead atoms. The van der Waals surface area contributed by atoms with E-state index in [0.29, 0.717) is 0 Å². The van der Waals surface area contributed by atoms with Crippen molar-refractivity contribution in [2.45, 2.75) is 12.1 Å². The Hall–Kier alpha value is -1.76. The lowest BCUT2D eigenvalue weighted by molar-refractivity contribution is 0.575. The molecule has 24 heavy (non-hydrogen) atoms. The Morgan fingerprint density at radius 2 is 1.92 bits per heavy atom. The van der Waals surface area contributed by atoms with Gasteiger partial charge in [-0.15, -0.1) is 11.3 Å². The number of hydrogen-bond acceptors (Lipinski definition) is 3. The van der Waals surface area contributed by atoms with Gasteiger partial charge in [0.25, 0.3) is 0 Å². The minimum absolute atomic E-state index is 0.0180. The van der Waals surface area contributed by atoms with E-state index in [9.17, 15) is 0 Å². The summed E-state index contributed by atoms with van der Waals surface area (Å²) < 4.78 is 1.09. The second-order valence-corrected chi connectivity index (χ2v) is 7.74. The van der Waals surface area contributed by atoms with Crippen molar-refractivity contribution in [2.75, 3.05) is 4.90 Å². The van der Waals surface area contributed by atoms with Gasteiger partial charge in [0.05, 0.1) is 17.8 Å². The zero-order chi connectivity index (χ0) is 16.5. The van der Waals surface area contributed by atoms with Crippen LogP contribution in [0.3, 0.4) is 0 Å². The second kappa shape index (κ2) is 6.63. The molecule has 0 spiro atoms. The van der Waals surface area contributed by atoms with Gasteiger partial charge in [0.2, 0.25) is 0 Å². The molecule has 1 saturated heterocycles. The van der Waals surface area contributed by atoms with Crippen LogP contribution in [0, 0.1) is 0 Å². The average Bonchev–Trinajstić information content (AvgIpc) is 3.19. The summed E-state index contributed by atoms with van der Waals surface area (Å²) in [7, 11) is 0. The Labute approximate surface area is 158 Å². The molecule has 1 aliphatic heterocycles. The molecule has 1 fully saturated rings. The topological polar surface area (TPSA) is 28.2 Å². The molecule has 4 rings (SSSR count). The zero-order valence-electron chi connectivity index (χ0n) is 12.6. The number of hydrogen-bond donors (Lipinski definition) is 1. The lowest BCUT2D eigenvalue weighted by Crippen LogP contribution is -2.28. The number of halogens is 1. The van der Waals surface area contributed by atoms with E-state index >= 15 is 0 Å². The standard InChI is InChI=1S/C18H14BrN3S2/c19-12-10-15(24-11-12)17-16(14-8-4-5-9-20-14)21-18(23)22(17)13-6-2-1-3-7-13/h1-11,16-17H,(H,21,23)/t16-,17-/m0/s1. The summed E-state index contributed by atoms with van der Waals surface area (Å²) in [6.07, 6.45) is 1.83. The van der Waals surface area contributed by atoms with Crippen LogP contribution in [0.1, 0.15) is 22.7 Å². The lowest BCUT2D eigenvalue weighted by Gasteiger charge is -2.26. The SMILES string of the molecule is S=C1N[C@@H](c2ccccn2)[C@H](c2cc(Br)cs2)N1c1ccccc1. The molecule has 1 N–H and O–H groups in total. The van der Waals surface area contributed by atoms with E-state index in [4.69, 9.17) is 12.2 Å². The molecule has 3 nitrogen and oxygen atoms in total. The van der Waals surface area contributed by atoms with E-state index in [1.54, 1.807) is 11.3 Å². The third kappa shape index (κ3) is 2.85. The van der Waals surface area contributed by atoms with Gasteiger partial charge in [-0.2, -0.15) is 0 Å². The second-order valence-electron chi connectivity index (χ2n) is 5.50. The average molecular weight is 416 g/mol. The van der Waals surface area contributed by atoms with Gasteiger partial charge in [-0.25, -0.2) is 0 Å². The van der Waals surface area contributed by atoms with Gasteiger partial charge in [-0.05, 0) is 58.5 Å². The van der Waals surface area contributed by atoms with Crippen LogP contribution in [0.2, 0.25) is 0 Å². The third-order valence-electron chi connectivity index (χ3n) is 4.01. The van der Waals surface area contributed by atoms with Gasteiger partial charge in [0, 0.05) is 26.6 Å². The Morgan fingerprint density at radius 1 is 1.12 bits per heavy atom. The molecule has 6 heteroatoms. The zero-order valence-corrected chi connectivity index (χ0v) is 15.8. The van der Waals surface area contributed by atoms with Crippen molar-refractivity contribution < 1.29 is 0 Å². The first-order valence-electron chi connectivity index (χ1n) is 7.53. The van der Waals surface area contributed by atoms with Crippen LogP contribution in [0.5, 0.6) is 0 Å². The summed E-state index contributed by atoms with van der Waals surface area (Å²) >= 11 is 11.0. The van der Waals surface area contributed by atoms with E-state index in [1.165, 1.54) is 4.88 Å². The first-order chi connectivity index (χ1) is 11.7.